The Morgan fingerprint density at radius 3 is 2.84 bits per heavy atom. The van der Waals surface area contributed by atoms with E-state index in [-0.39, 0.29) is 12.5 Å². The van der Waals surface area contributed by atoms with Gasteiger partial charge in [0.1, 0.15) is 0 Å². The number of aliphatic carboxylic acids is 1. The third-order valence-corrected chi connectivity index (χ3v) is 5.64. The molecule has 6 heteroatoms. The fourth-order valence-corrected chi connectivity index (χ4v) is 4.29. The predicted octanol–water partition coefficient (Wildman–Crippen LogP) is 2.37. The van der Waals surface area contributed by atoms with Crippen molar-refractivity contribution in [2.75, 3.05) is 13.1 Å². The van der Waals surface area contributed by atoms with Gasteiger partial charge < -0.3 is 10.4 Å². The number of likely N-dealkylation sites (tertiary alicyclic amines) is 1. The van der Waals surface area contributed by atoms with Gasteiger partial charge in [0.2, 0.25) is 0 Å². The molecule has 2 atom stereocenters. The quantitative estimate of drug-likeness (QED) is 0.792. The van der Waals surface area contributed by atoms with Crippen LogP contribution >= 0.6 is 0 Å². The summed E-state index contributed by atoms with van der Waals surface area (Å²) in [6.45, 7) is 9.23. The van der Waals surface area contributed by atoms with E-state index in [4.69, 9.17) is 10.2 Å². The molecule has 1 aromatic rings. The fourth-order valence-electron chi connectivity index (χ4n) is 4.29. The van der Waals surface area contributed by atoms with E-state index >= 15 is 0 Å². The number of rotatable bonds is 7. The van der Waals surface area contributed by atoms with Crippen molar-refractivity contribution in [3.05, 3.63) is 17.0 Å². The SMILES string of the molecule is CC(CC(=O)O)N1CCCC(NCc2c3c(nn2C(C)C)CCC3)C1. The van der Waals surface area contributed by atoms with E-state index in [2.05, 4.69) is 28.7 Å². The molecule has 25 heavy (non-hydrogen) atoms. The summed E-state index contributed by atoms with van der Waals surface area (Å²) in [6, 6.07) is 0.922. The van der Waals surface area contributed by atoms with Crippen LogP contribution in [0.15, 0.2) is 0 Å². The molecule has 1 saturated heterocycles. The Labute approximate surface area is 150 Å². The molecule has 6 nitrogen and oxygen atoms in total. The van der Waals surface area contributed by atoms with Gasteiger partial charge in [-0.15, -0.1) is 0 Å². The summed E-state index contributed by atoms with van der Waals surface area (Å²) in [5.74, 6) is -0.709. The molecule has 0 aromatic carbocycles. The average molecular weight is 348 g/mol. The molecule has 0 bridgehead atoms. The number of piperidine rings is 1. The summed E-state index contributed by atoms with van der Waals surface area (Å²) in [7, 11) is 0. The van der Waals surface area contributed by atoms with Gasteiger partial charge in [-0.2, -0.15) is 5.10 Å². The van der Waals surface area contributed by atoms with Gasteiger partial charge in [-0.05, 0) is 65.0 Å². The lowest BCUT2D eigenvalue weighted by atomic mass is 10.0. The van der Waals surface area contributed by atoms with Crippen LogP contribution in [0.1, 0.15) is 69.4 Å². The number of nitrogens with one attached hydrogen (secondary N) is 1. The van der Waals surface area contributed by atoms with Crippen molar-refractivity contribution in [3.63, 3.8) is 0 Å². The topological polar surface area (TPSA) is 70.4 Å². The number of carbonyl (C=O) groups is 1. The van der Waals surface area contributed by atoms with E-state index in [0.29, 0.717) is 12.1 Å². The molecule has 0 spiro atoms. The van der Waals surface area contributed by atoms with Crippen molar-refractivity contribution < 1.29 is 9.90 Å². The fraction of sp³-hybridized carbons (Fsp3) is 0.789. The van der Waals surface area contributed by atoms with E-state index < -0.39 is 5.97 Å². The third-order valence-electron chi connectivity index (χ3n) is 5.64. The van der Waals surface area contributed by atoms with Crippen molar-refractivity contribution >= 4 is 5.97 Å². The Bertz CT molecular complexity index is 611. The van der Waals surface area contributed by atoms with Crippen LogP contribution in [-0.4, -0.2) is 50.9 Å². The molecule has 2 aliphatic rings. The minimum atomic E-state index is -0.709. The lowest BCUT2D eigenvalue weighted by Gasteiger charge is -2.36. The van der Waals surface area contributed by atoms with Gasteiger partial charge in [0.05, 0.1) is 17.8 Å². The molecule has 1 fully saturated rings. The molecule has 2 N–H and O–H groups in total. The second kappa shape index (κ2) is 7.87. The minimum absolute atomic E-state index is 0.104. The number of hydrogen-bond donors (Lipinski definition) is 2. The van der Waals surface area contributed by atoms with E-state index in [1.165, 1.54) is 23.4 Å². The highest BCUT2D eigenvalue weighted by Gasteiger charge is 2.27. The predicted molar refractivity (Wildman–Crippen MR) is 97.8 cm³/mol. The Balaban J connectivity index is 1.61. The molecular weight excluding hydrogens is 316 g/mol. The number of aromatic nitrogens is 2. The third kappa shape index (κ3) is 4.23. The maximum absolute atomic E-state index is 11.0. The molecule has 0 saturated carbocycles. The summed E-state index contributed by atoms with van der Waals surface area (Å²) in [5, 5.41) is 17.6. The largest absolute Gasteiger partial charge is 0.481 e. The lowest BCUT2D eigenvalue weighted by molar-refractivity contribution is -0.138. The Kier molecular flexibility index (Phi) is 5.79. The molecule has 3 rings (SSSR count). The van der Waals surface area contributed by atoms with Gasteiger partial charge in [-0.3, -0.25) is 14.4 Å². The van der Waals surface area contributed by atoms with Crippen LogP contribution in [0, 0.1) is 0 Å². The maximum atomic E-state index is 11.0. The van der Waals surface area contributed by atoms with Gasteiger partial charge in [0.25, 0.3) is 0 Å². The molecular formula is C19H32N4O2. The molecule has 0 amide bonds. The number of aryl methyl sites for hydroxylation is 1. The zero-order valence-corrected chi connectivity index (χ0v) is 15.8. The van der Waals surface area contributed by atoms with E-state index in [1.54, 1.807) is 0 Å². The van der Waals surface area contributed by atoms with Crippen molar-refractivity contribution in [3.8, 4) is 0 Å². The highest BCUT2D eigenvalue weighted by atomic mass is 16.4. The van der Waals surface area contributed by atoms with E-state index in [1.807, 2.05) is 6.92 Å². The summed E-state index contributed by atoms with van der Waals surface area (Å²) in [5.41, 5.74) is 4.12. The van der Waals surface area contributed by atoms with Gasteiger partial charge in [0, 0.05) is 31.2 Å². The van der Waals surface area contributed by atoms with Crippen molar-refractivity contribution in [2.45, 2.75) is 84.0 Å². The molecule has 0 radical (unpaired) electrons. The first-order valence-corrected chi connectivity index (χ1v) is 9.74. The number of carboxylic acid groups (broad SMARTS) is 1. The highest BCUT2D eigenvalue weighted by Crippen LogP contribution is 2.27. The Hall–Kier alpha value is -1.40. The smallest absolute Gasteiger partial charge is 0.304 e. The lowest BCUT2D eigenvalue weighted by Crippen LogP contribution is -2.49. The first-order valence-electron chi connectivity index (χ1n) is 9.74. The van der Waals surface area contributed by atoms with E-state index in [0.717, 1.165) is 45.3 Å². The van der Waals surface area contributed by atoms with Crippen LogP contribution in [0.5, 0.6) is 0 Å². The van der Waals surface area contributed by atoms with Crippen LogP contribution in [0.2, 0.25) is 0 Å². The second-order valence-corrected chi connectivity index (χ2v) is 7.93. The van der Waals surface area contributed by atoms with Crippen LogP contribution in [0.25, 0.3) is 0 Å². The van der Waals surface area contributed by atoms with Gasteiger partial charge in [0.15, 0.2) is 0 Å². The van der Waals surface area contributed by atoms with Gasteiger partial charge in [-0.1, -0.05) is 0 Å². The van der Waals surface area contributed by atoms with Crippen LogP contribution in [0.3, 0.4) is 0 Å². The first kappa shape index (κ1) is 18.4. The van der Waals surface area contributed by atoms with Crippen LogP contribution < -0.4 is 5.32 Å². The zero-order chi connectivity index (χ0) is 18.0. The summed E-state index contributed by atoms with van der Waals surface area (Å²) >= 11 is 0. The monoisotopic (exact) mass is 348 g/mol. The van der Waals surface area contributed by atoms with Gasteiger partial charge >= 0.3 is 5.97 Å². The minimum Gasteiger partial charge on any atom is -0.481 e. The number of nitrogens with zero attached hydrogens (tertiary/aromatic N) is 3. The summed E-state index contributed by atoms with van der Waals surface area (Å²) in [6.07, 6.45) is 6.02. The van der Waals surface area contributed by atoms with Crippen molar-refractivity contribution in [1.29, 1.82) is 0 Å². The Morgan fingerprint density at radius 1 is 1.32 bits per heavy atom. The second-order valence-electron chi connectivity index (χ2n) is 7.93. The zero-order valence-electron chi connectivity index (χ0n) is 15.8. The normalized spacial score (nSPS) is 22.3. The summed E-state index contributed by atoms with van der Waals surface area (Å²) in [4.78, 5) is 13.3. The van der Waals surface area contributed by atoms with Crippen molar-refractivity contribution in [1.82, 2.24) is 20.0 Å². The molecule has 2 unspecified atom stereocenters. The molecule has 140 valence electrons. The number of carboxylic acids is 1. The van der Waals surface area contributed by atoms with Crippen LogP contribution in [0.4, 0.5) is 0 Å². The average Bonchev–Trinajstić information content (AvgIpc) is 3.13. The summed E-state index contributed by atoms with van der Waals surface area (Å²) < 4.78 is 2.20. The number of fused-ring (bicyclic) bond motifs is 1. The first-order chi connectivity index (χ1) is 12.0. The maximum Gasteiger partial charge on any atom is 0.304 e. The number of hydrogen-bond acceptors (Lipinski definition) is 4. The molecule has 2 heterocycles. The van der Waals surface area contributed by atoms with Gasteiger partial charge in [-0.25, -0.2) is 0 Å². The Morgan fingerprint density at radius 2 is 2.12 bits per heavy atom. The molecule has 1 aliphatic heterocycles. The van der Waals surface area contributed by atoms with Crippen LogP contribution in [-0.2, 0) is 24.2 Å². The standard InChI is InChI=1S/C19H32N4O2/c1-13(2)23-18(16-7-4-8-17(16)21-23)11-20-15-6-5-9-22(12-15)14(3)10-19(24)25/h13-15,20H,4-12H2,1-3H3,(H,24,25). The van der Waals surface area contributed by atoms with E-state index in [9.17, 15) is 4.79 Å². The highest BCUT2D eigenvalue weighted by molar-refractivity contribution is 5.67. The molecule has 1 aliphatic carbocycles. The molecule has 1 aromatic heterocycles. The van der Waals surface area contributed by atoms with Crippen molar-refractivity contribution in [2.24, 2.45) is 0 Å².